The van der Waals surface area contributed by atoms with Gasteiger partial charge in [-0.1, -0.05) is 42.5 Å². The summed E-state index contributed by atoms with van der Waals surface area (Å²) in [6.45, 7) is 1.78. The molecule has 88 valence electrons. The van der Waals surface area contributed by atoms with E-state index in [9.17, 15) is 0 Å². The molecule has 2 aromatic carbocycles. The van der Waals surface area contributed by atoms with Gasteiger partial charge in [0.1, 0.15) is 0 Å². The first-order chi connectivity index (χ1) is 8.38. The summed E-state index contributed by atoms with van der Waals surface area (Å²) in [5.74, 6) is 0. The Hall–Kier alpha value is -1.29. The summed E-state index contributed by atoms with van der Waals surface area (Å²) < 4.78 is 0. The van der Waals surface area contributed by atoms with Crippen LogP contribution in [0.15, 0.2) is 59.5 Å². The molecule has 2 nitrogen and oxygen atoms in total. The molecule has 0 saturated heterocycles. The highest BCUT2D eigenvalue weighted by atomic mass is 32.2. The highest BCUT2D eigenvalue weighted by Gasteiger charge is 1.94. The lowest BCUT2D eigenvalue weighted by Gasteiger charge is -2.05. The van der Waals surface area contributed by atoms with Gasteiger partial charge in [0.15, 0.2) is 0 Å². The Kier molecular flexibility index (Phi) is 4.62. The van der Waals surface area contributed by atoms with Crippen molar-refractivity contribution in [2.45, 2.75) is 18.0 Å². The van der Waals surface area contributed by atoms with E-state index in [0.717, 1.165) is 18.0 Å². The van der Waals surface area contributed by atoms with Crippen LogP contribution in [0.3, 0.4) is 0 Å². The van der Waals surface area contributed by atoms with Crippen LogP contribution in [-0.2, 0) is 13.1 Å². The molecule has 0 fully saturated rings. The van der Waals surface area contributed by atoms with Gasteiger partial charge in [-0.05, 0) is 35.2 Å². The molecule has 3 heteroatoms. The fraction of sp³-hybridized carbons (Fsp3) is 0.143. The van der Waals surface area contributed by atoms with Crippen LogP contribution in [0.2, 0.25) is 0 Å². The average Bonchev–Trinajstić information content (AvgIpc) is 2.41. The fourth-order valence-corrected chi connectivity index (χ4v) is 1.93. The summed E-state index contributed by atoms with van der Waals surface area (Å²) in [6.07, 6.45) is 0. The van der Waals surface area contributed by atoms with Crippen molar-refractivity contribution >= 4 is 11.9 Å². The van der Waals surface area contributed by atoms with Gasteiger partial charge in [-0.25, -0.2) is 0 Å². The van der Waals surface area contributed by atoms with Crippen LogP contribution in [0.25, 0.3) is 0 Å². The van der Waals surface area contributed by atoms with Crippen molar-refractivity contribution in [1.82, 2.24) is 5.32 Å². The third-order valence-corrected chi connectivity index (χ3v) is 3.10. The lowest BCUT2D eigenvalue weighted by Crippen LogP contribution is -2.12. The van der Waals surface area contributed by atoms with E-state index in [1.54, 1.807) is 0 Å². The molecule has 0 saturated carbocycles. The molecule has 3 N–H and O–H groups in total. The number of benzene rings is 2. The van der Waals surface area contributed by atoms with Gasteiger partial charge in [0.05, 0.1) is 0 Å². The maximum Gasteiger partial charge on any atom is 0.0226 e. The van der Waals surface area contributed by atoms with Crippen molar-refractivity contribution in [2.75, 3.05) is 0 Å². The third kappa shape index (κ3) is 3.89. The highest BCUT2D eigenvalue weighted by molar-refractivity contribution is 7.97. The minimum absolute atomic E-state index is 0.879. The zero-order chi connectivity index (χ0) is 11.9. The molecule has 2 aromatic rings. The van der Waals surface area contributed by atoms with E-state index in [1.165, 1.54) is 23.1 Å². The van der Waals surface area contributed by atoms with E-state index >= 15 is 0 Å². The van der Waals surface area contributed by atoms with Crippen LogP contribution in [-0.4, -0.2) is 0 Å². The Labute approximate surface area is 106 Å². The van der Waals surface area contributed by atoms with E-state index in [4.69, 9.17) is 5.14 Å². The van der Waals surface area contributed by atoms with E-state index in [0.29, 0.717) is 0 Å². The van der Waals surface area contributed by atoms with E-state index in [2.05, 4.69) is 41.7 Å². The van der Waals surface area contributed by atoms with Crippen LogP contribution in [0.5, 0.6) is 0 Å². The lowest BCUT2D eigenvalue weighted by molar-refractivity contribution is 0.693. The first-order valence-corrected chi connectivity index (χ1v) is 6.47. The summed E-state index contributed by atoms with van der Waals surface area (Å²) >= 11 is 1.28. The fourth-order valence-electron chi connectivity index (χ4n) is 1.63. The molecular formula is C14H16N2S. The SMILES string of the molecule is NSc1ccc(CNCc2ccccc2)cc1. The summed E-state index contributed by atoms with van der Waals surface area (Å²) in [5.41, 5.74) is 2.58. The second-order valence-electron chi connectivity index (χ2n) is 3.85. The first kappa shape index (κ1) is 12.2. The molecule has 0 unspecified atom stereocenters. The topological polar surface area (TPSA) is 38.0 Å². The summed E-state index contributed by atoms with van der Waals surface area (Å²) in [7, 11) is 0. The van der Waals surface area contributed by atoms with Gasteiger partial charge in [-0.2, -0.15) is 0 Å². The van der Waals surface area contributed by atoms with Crippen molar-refractivity contribution in [3.05, 3.63) is 65.7 Å². The molecule has 0 amide bonds. The molecule has 0 aromatic heterocycles. The van der Waals surface area contributed by atoms with Crippen molar-refractivity contribution in [3.8, 4) is 0 Å². The van der Waals surface area contributed by atoms with Crippen molar-refractivity contribution in [2.24, 2.45) is 5.14 Å². The van der Waals surface area contributed by atoms with Crippen LogP contribution >= 0.6 is 11.9 Å². The van der Waals surface area contributed by atoms with Crippen molar-refractivity contribution < 1.29 is 0 Å². The Morgan fingerprint density at radius 1 is 0.824 bits per heavy atom. The molecule has 0 aliphatic carbocycles. The Balaban J connectivity index is 1.82. The van der Waals surface area contributed by atoms with E-state index < -0.39 is 0 Å². The average molecular weight is 244 g/mol. The number of nitrogens with two attached hydrogens (primary N) is 1. The summed E-state index contributed by atoms with van der Waals surface area (Å²) in [5, 5.41) is 8.89. The first-order valence-electron chi connectivity index (χ1n) is 5.59. The predicted molar refractivity (Wildman–Crippen MR) is 73.5 cm³/mol. The second kappa shape index (κ2) is 6.45. The Bertz CT molecular complexity index is 440. The van der Waals surface area contributed by atoms with E-state index in [-0.39, 0.29) is 0 Å². The molecule has 0 spiro atoms. The van der Waals surface area contributed by atoms with Crippen molar-refractivity contribution in [1.29, 1.82) is 0 Å². The van der Waals surface area contributed by atoms with Gasteiger partial charge in [0.25, 0.3) is 0 Å². The zero-order valence-electron chi connectivity index (χ0n) is 9.60. The minimum Gasteiger partial charge on any atom is -0.309 e. The monoisotopic (exact) mass is 244 g/mol. The maximum atomic E-state index is 5.48. The molecule has 0 bridgehead atoms. The van der Waals surface area contributed by atoms with Crippen LogP contribution in [0, 0.1) is 0 Å². The molecule has 0 aliphatic rings. The summed E-state index contributed by atoms with van der Waals surface area (Å²) in [4.78, 5) is 1.09. The lowest BCUT2D eigenvalue weighted by atomic mass is 10.2. The van der Waals surface area contributed by atoms with Gasteiger partial charge < -0.3 is 5.32 Å². The molecule has 2 rings (SSSR count). The molecular weight excluding hydrogens is 228 g/mol. The highest BCUT2D eigenvalue weighted by Crippen LogP contribution is 2.12. The van der Waals surface area contributed by atoms with Gasteiger partial charge in [0.2, 0.25) is 0 Å². The number of hydrogen-bond donors (Lipinski definition) is 2. The summed E-state index contributed by atoms with van der Waals surface area (Å²) in [6, 6.07) is 18.7. The van der Waals surface area contributed by atoms with E-state index in [1.807, 2.05) is 18.2 Å². The molecule has 0 radical (unpaired) electrons. The number of rotatable bonds is 5. The van der Waals surface area contributed by atoms with Gasteiger partial charge in [-0.15, -0.1) is 0 Å². The van der Waals surface area contributed by atoms with Crippen LogP contribution in [0.1, 0.15) is 11.1 Å². The molecule has 0 heterocycles. The zero-order valence-corrected chi connectivity index (χ0v) is 10.4. The van der Waals surface area contributed by atoms with Crippen LogP contribution in [0.4, 0.5) is 0 Å². The minimum atomic E-state index is 0.879. The Morgan fingerprint density at radius 3 is 2.00 bits per heavy atom. The number of hydrogen-bond acceptors (Lipinski definition) is 3. The molecule has 17 heavy (non-hydrogen) atoms. The van der Waals surface area contributed by atoms with Crippen molar-refractivity contribution in [3.63, 3.8) is 0 Å². The van der Waals surface area contributed by atoms with Crippen LogP contribution < -0.4 is 10.5 Å². The smallest absolute Gasteiger partial charge is 0.0226 e. The number of nitrogens with one attached hydrogen (secondary N) is 1. The van der Waals surface area contributed by atoms with Gasteiger partial charge >= 0.3 is 0 Å². The quantitative estimate of drug-likeness (QED) is 0.794. The maximum absolute atomic E-state index is 5.48. The standard InChI is InChI=1S/C14H16N2S/c15-17-14-8-6-13(7-9-14)11-16-10-12-4-2-1-3-5-12/h1-9,16H,10-11,15H2. The second-order valence-corrected chi connectivity index (χ2v) is 4.56. The molecule has 0 aliphatic heterocycles. The largest absolute Gasteiger partial charge is 0.309 e. The predicted octanol–water partition coefficient (Wildman–Crippen LogP) is 2.94. The van der Waals surface area contributed by atoms with Gasteiger partial charge in [-0.3, -0.25) is 5.14 Å². The van der Waals surface area contributed by atoms with Gasteiger partial charge in [0, 0.05) is 18.0 Å². The Morgan fingerprint density at radius 2 is 1.41 bits per heavy atom. The normalized spacial score (nSPS) is 10.4. The third-order valence-electron chi connectivity index (χ3n) is 2.56. The molecule has 0 atom stereocenters.